The molecule has 0 saturated carbocycles. The number of ether oxygens (including phenoxy) is 1. The van der Waals surface area contributed by atoms with Crippen LogP contribution in [0.2, 0.25) is 0 Å². The molecule has 0 N–H and O–H groups in total. The van der Waals surface area contributed by atoms with Crippen LogP contribution in [0.15, 0.2) is 0 Å². The number of carbonyl (C=O) groups excluding carboxylic acids is 1. The van der Waals surface area contributed by atoms with Crippen LogP contribution in [0, 0.1) is 5.41 Å². The first-order chi connectivity index (χ1) is 11.0. The number of unbranched alkanes of at least 4 members (excludes halogenated alkanes) is 7. The van der Waals surface area contributed by atoms with Crippen LogP contribution < -0.4 is 0 Å². The Balaban J connectivity index is 3.17. The lowest BCUT2D eigenvalue weighted by Crippen LogP contribution is -2.12. The highest BCUT2D eigenvalue weighted by Gasteiger charge is 2.13. The molecule has 0 aliphatic rings. The first kappa shape index (κ1) is 23.2. The van der Waals surface area contributed by atoms with Crippen molar-refractivity contribution in [1.29, 1.82) is 0 Å². The predicted octanol–water partition coefficient (Wildman–Crippen LogP) is 6.88. The third kappa shape index (κ3) is 20.1. The molecule has 0 spiro atoms. The summed E-state index contributed by atoms with van der Waals surface area (Å²) in [6.07, 6.45) is 12.5. The molecule has 0 unspecified atom stereocenters. The molecule has 2 nitrogen and oxygen atoms in total. The van der Waals surface area contributed by atoms with Gasteiger partial charge in [0.05, 0.1) is 0 Å². The molecule has 0 rings (SSSR count). The Kier molecular flexibility index (Phi) is 15.8. The predicted molar refractivity (Wildman–Crippen MR) is 107 cm³/mol. The van der Waals surface area contributed by atoms with Crippen molar-refractivity contribution in [2.24, 2.45) is 5.41 Å². The molecule has 0 fully saturated rings. The lowest BCUT2D eigenvalue weighted by molar-refractivity contribution is -0.143. The lowest BCUT2D eigenvalue weighted by atomic mass is 9.91. The normalized spacial score (nSPS) is 11.7. The van der Waals surface area contributed by atoms with Crippen LogP contribution >= 0.6 is 21.6 Å². The van der Waals surface area contributed by atoms with Crippen molar-refractivity contribution in [1.82, 2.24) is 0 Å². The monoisotopic (exact) mass is 362 g/mol. The van der Waals surface area contributed by atoms with Crippen LogP contribution in [0.25, 0.3) is 0 Å². The number of hydrogen-bond acceptors (Lipinski definition) is 4. The van der Waals surface area contributed by atoms with Gasteiger partial charge in [-0.05, 0) is 18.3 Å². The minimum Gasteiger partial charge on any atom is -0.465 e. The molecule has 0 aliphatic heterocycles. The molecular formula is C19H38O2S2. The summed E-state index contributed by atoms with van der Waals surface area (Å²) in [7, 11) is 3.75. The highest BCUT2D eigenvalue weighted by molar-refractivity contribution is 8.76. The third-order valence-corrected chi connectivity index (χ3v) is 6.13. The van der Waals surface area contributed by atoms with Crippen molar-refractivity contribution >= 4 is 27.6 Å². The van der Waals surface area contributed by atoms with Gasteiger partial charge in [0.2, 0.25) is 0 Å². The number of carbonyl (C=O) groups is 1. The molecule has 0 heterocycles. The van der Waals surface area contributed by atoms with Crippen molar-refractivity contribution in [3.05, 3.63) is 0 Å². The van der Waals surface area contributed by atoms with E-state index in [2.05, 4.69) is 27.7 Å². The Bertz CT molecular complexity index is 275. The second kappa shape index (κ2) is 15.7. The fourth-order valence-corrected chi connectivity index (χ4v) is 4.13. The van der Waals surface area contributed by atoms with E-state index in [-0.39, 0.29) is 11.4 Å². The summed E-state index contributed by atoms with van der Waals surface area (Å²) in [5.41, 5.74) is 0.208. The quantitative estimate of drug-likeness (QED) is 0.180. The van der Waals surface area contributed by atoms with E-state index < -0.39 is 0 Å². The SMILES string of the molecule is CCCCCCCCCCSSCCOC(=O)CCC(C)(C)C. The molecule has 138 valence electrons. The Morgan fingerprint density at radius 3 is 2.04 bits per heavy atom. The van der Waals surface area contributed by atoms with Crippen LogP contribution in [0.3, 0.4) is 0 Å². The van der Waals surface area contributed by atoms with Crippen molar-refractivity contribution < 1.29 is 9.53 Å². The largest absolute Gasteiger partial charge is 0.465 e. The topological polar surface area (TPSA) is 26.3 Å². The number of esters is 1. The molecule has 0 bridgehead atoms. The summed E-state index contributed by atoms with van der Waals surface area (Å²) < 4.78 is 5.26. The Morgan fingerprint density at radius 1 is 0.870 bits per heavy atom. The maximum atomic E-state index is 11.6. The van der Waals surface area contributed by atoms with Gasteiger partial charge in [-0.2, -0.15) is 0 Å². The lowest BCUT2D eigenvalue weighted by Gasteiger charge is -2.16. The van der Waals surface area contributed by atoms with Gasteiger partial charge in [-0.3, -0.25) is 4.79 Å². The highest BCUT2D eigenvalue weighted by atomic mass is 33.1. The summed E-state index contributed by atoms with van der Waals surface area (Å²) in [6, 6.07) is 0. The summed E-state index contributed by atoms with van der Waals surface area (Å²) in [5.74, 6) is 2.08. The Hall–Kier alpha value is 0.170. The van der Waals surface area contributed by atoms with Gasteiger partial charge in [0, 0.05) is 17.9 Å². The minimum atomic E-state index is -0.0476. The van der Waals surface area contributed by atoms with Crippen molar-refractivity contribution in [2.75, 3.05) is 18.1 Å². The van der Waals surface area contributed by atoms with Crippen molar-refractivity contribution in [2.45, 2.75) is 91.9 Å². The molecule has 23 heavy (non-hydrogen) atoms. The smallest absolute Gasteiger partial charge is 0.305 e. The number of rotatable bonds is 15. The first-order valence-electron chi connectivity index (χ1n) is 9.36. The minimum absolute atomic E-state index is 0.0476. The van der Waals surface area contributed by atoms with Gasteiger partial charge in [-0.25, -0.2) is 0 Å². The van der Waals surface area contributed by atoms with E-state index >= 15 is 0 Å². The van der Waals surface area contributed by atoms with E-state index in [1.54, 1.807) is 0 Å². The maximum absolute atomic E-state index is 11.6. The molecule has 0 atom stereocenters. The van der Waals surface area contributed by atoms with Crippen molar-refractivity contribution in [3.63, 3.8) is 0 Å². The van der Waals surface area contributed by atoms with Crippen LogP contribution in [-0.4, -0.2) is 24.1 Å². The second-order valence-corrected chi connectivity index (χ2v) is 10.1. The zero-order chi connectivity index (χ0) is 17.4. The van der Waals surface area contributed by atoms with Gasteiger partial charge in [0.15, 0.2) is 0 Å². The average molecular weight is 363 g/mol. The zero-order valence-corrected chi connectivity index (χ0v) is 17.5. The van der Waals surface area contributed by atoms with Crippen LogP contribution in [0.4, 0.5) is 0 Å². The van der Waals surface area contributed by atoms with E-state index in [1.165, 1.54) is 57.1 Å². The Morgan fingerprint density at radius 2 is 1.43 bits per heavy atom. The second-order valence-electron chi connectivity index (χ2n) is 7.40. The average Bonchev–Trinajstić information content (AvgIpc) is 2.49. The van der Waals surface area contributed by atoms with E-state index in [9.17, 15) is 4.79 Å². The van der Waals surface area contributed by atoms with Gasteiger partial charge in [0.1, 0.15) is 6.61 Å². The Labute approximate surface area is 152 Å². The van der Waals surface area contributed by atoms with Gasteiger partial charge < -0.3 is 4.74 Å². The standard InChI is InChI=1S/C19H38O2S2/c1-5-6-7-8-9-10-11-12-16-22-23-17-15-21-18(20)13-14-19(2,3)4/h5-17H2,1-4H3. The van der Waals surface area contributed by atoms with Gasteiger partial charge in [-0.15, -0.1) is 0 Å². The maximum Gasteiger partial charge on any atom is 0.305 e. The van der Waals surface area contributed by atoms with Crippen LogP contribution in [0.1, 0.15) is 91.9 Å². The molecule has 0 aromatic carbocycles. The molecule has 0 amide bonds. The third-order valence-electron chi connectivity index (χ3n) is 3.67. The van der Waals surface area contributed by atoms with Gasteiger partial charge in [0.25, 0.3) is 0 Å². The van der Waals surface area contributed by atoms with Gasteiger partial charge >= 0.3 is 5.97 Å². The highest BCUT2D eigenvalue weighted by Crippen LogP contribution is 2.23. The molecule has 0 aromatic rings. The molecule has 0 aromatic heterocycles. The van der Waals surface area contributed by atoms with E-state index in [0.717, 1.165) is 12.2 Å². The van der Waals surface area contributed by atoms with E-state index in [4.69, 9.17) is 4.74 Å². The molecule has 4 heteroatoms. The zero-order valence-electron chi connectivity index (χ0n) is 15.8. The fourth-order valence-electron chi connectivity index (χ4n) is 2.15. The molecule has 0 saturated heterocycles. The summed E-state index contributed by atoms with van der Waals surface area (Å²) in [4.78, 5) is 11.6. The summed E-state index contributed by atoms with van der Waals surface area (Å²) in [5, 5.41) is 0. The van der Waals surface area contributed by atoms with Crippen LogP contribution in [0.5, 0.6) is 0 Å². The summed E-state index contributed by atoms with van der Waals surface area (Å²) in [6.45, 7) is 9.27. The molecule has 0 radical (unpaired) electrons. The summed E-state index contributed by atoms with van der Waals surface area (Å²) >= 11 is 0. The fraction of sp³-hybridized carbons (Fsp3) is 0.947. The van der Waals surface area contributed by atoms with E-state index in [1.807, 2.05) is 21.6 Å². The number of hydrogen-bond donors (Lipinski definition) is 0. The molecular weight excluding hydrogens is 324 g/mol. The van der Waals surface area contributed by atoms with Crippen molar-refractivity contribution in [3.8, 4) is 0 Å². The molecule has 0 aliphatic carbocycles. The van der Waals surface area contributed by atoms with Crippen LogP contribution in [-0.2, 0) is 9.53 Å². The first-order valence-corrected chi connectivity index (χ1v) is 11.8. The van der Waals surface area contributed by atoms with Gasteiger partial charge in [-0.1, -0.05) is 94.2 Å². The van der Waals surface area contributed by atoms with E-state index in [0.29, 0.717) is 13.0 Å².